The summed E-state index contributed by atoms with van der Waals surface area (Å²) in [6.45, 7) is 5.06. The minimum atomic E-state index is -0.682. The van der Waals surface area contributed by atoms with Gasteiger partial charge in [-0.2, -0.15) is 4.98 Å². The average molecular weight is 360 g/mol. The molecule has 138 valence electrons. The molecule has 2 aromatic rings. The molecule has 1 aliphatic heterocycles. The number of aromatic nitrogens is 2. The minimum absolute atomic E-state index is 0.0229. The van der Waals surface area contributed by atoms with Crippen molar-refractivity contribution in [3.8, 4) is 0 Å². The van der Waals surface area contributed by atoms with Crippen LogP contribution in [0, 0.1) is 17.0 Å². The quantitative estimate of drug-likeness (QED) is 0.454. The number of nitro benzene ring substituents is 1. The lowest BCUT2D eigenvalue weighted by Crippen LogP contribution is -2.33. The Bertz CT molecular complexity index is 811. The fourth-order valence-electron chi connectivity index (χ4n) is 3.13. The Labute approximate surface area is 150 Å². The van der Waals surface area contributed by atoms with Crippen molar-refractivity contribution in [1.29, 1.82) is 0 Å². The molecule has 9 heteroatoms. The first-order valence-corrected chi connectivity index (χ1v) is 8.50. The number of anilines is 1. The number of rotatable bonds is 5. The molecular weight excluding hydrogens is 340 g/mol. The molecule has 1 aromatic heterocycles. The van der Waals surface area contributed by atoms with Crippen LogP contribution in [0.5, 0.6) is 0 Å². The third kappa shape index (κ3) is 3.66. The lowest BCUT2D eigenvalue weighted by molar-refractivity contribution is -0.385. The lowest BCUT2D eigenvalue weighted by Gasteiger charge is -2.32. The molecule has 0 amide bonds. The number of hydrogen-bond acceptors (Lipinski definition) is 8. The molecular formula is C17H20N4O5. The molecule has 9 nitrogen and oxygen atoms in total. The van der Waals surface area contributed by atoms with Gasteiger partial charge in [0, 0.05) is 37.7 Å². The Morgan fingerprint density at radius 2 is 2.15 bits per heavy atom. The fourth-order valence-corrected chi connectivity index (χ4v) is 3.13. The lowest BCUT2D eigenvalue weighted by atomic mass is 9.95. The number of nitrogens with zero attached hydrogens (tertiary/aromatic N) is 4. The van der Waals surface area contributed by atoms with Crippen LogP contribution in [0.25, 0.3) is 0 Å². The second-order valence-corrected chi connectivity index (χ2v) is 6.11. The summed E-state index contributed by atoms with van der Waals surface area (Å²) in [4.78, 5) is 29.1. The van der Waals surface area contributed by atoms with Crippen LogP contribution in [0.4, 0.5) is 11.4 Å². The van der Waals surface area contributed by atoms with E-state index in [0.717, 1.165) is 37.4 Å². The van der Waals surface area contributed by atoms with E-state index in [1.807, 2.05) is 0 Å². The van der Waals surface area contributed by atoms with Gasteiger partial charge < -0.3 is 14.2 Å². The first kappa shape index (κ1) is 17.8. The number of ether oxygens (including phenoxy) is 1. The summed E-state index contributed by atoms with van der Waals surface area (Å²) in [6, 6.07) is 4.56. The van der Waals surface area contributed by atoms with E-state index < -0.39 is 10.9 Å². The van der Waals surface area contributed by atoms with E-state index in [2.05, 4.69) is 15.0 Å². The Morgan fingerprint density at radius 3 is 2.73 bits per heavy atom. The largest absolute Gasteiger partial charge is 0.462 e. The van der Waals surface area contributed by atoms with Gasteiger partial charge in [0.2, 0.25) is 5.89 Å². The van der Waals surface area contributed by atoms with Crippen molar-refractivity contribution >= 4 is 17.3 Å². The van der Waals surface area contributed by atoms with Gasteiger partial charge in [0.05, 0.1) is 11.5 Å². The number of hydrogen-bond donors (Lipinski definition) is 0. The van der Waals surface area contributed by atoms with Crippen molar-refractivity contribution in [3.05, 3.63) is 45.6 Å². The molecule has 0 aliphatic carbocycles. The van der Waals surface area contributed by atoms with Crippen molar-refractivity contribution in [2.75, 3.05) is 24.6 Å². The maximum Gasteiger partial charge on any atom is 0.345 e. The smallest absolute Gasteiger partial charge is 0.345 e. The topological polar surface area (TPSA) is 112 Å². The highest BCUT2D eigenvalue weighted by Gasteiger charge is 2.27. The van der Waals surface area contributed by atoms with Gasteiger partial charge in [-0.3, -0.25) is 10.1 Å². The van der Waals surface area contributed by atoms with Gasteiger partial charge >= 0.3 is 5.97 Å². The van der Waals surface area contributed by atoms with E-state index >= 15 is 0 Å². The Balaban J connectivity index is 1.76. The zero-order chi connectivity index (χ0) is 18.7. The number of piperidine rings is 1. The number of benzene rings is 1. The predicted octanol–water partition coefficient (Wildman–Crippen LogP) is 2.85. The van der Waals surface area contributed by atoms with Crippen molar-refractivity contribution in [3.63, 3.8) is 0 Å². The summed E-state index contributed by atoms with van der Waals surface area (Å²) in [5.41, 5.74) is 0.496. The van der Waals surface area contributed by atoms with Crippen LogP contribution in [-0.4, -0.2) is 40.7 Å². The summed E-state index contributed by atoms with van der Waals surface area (Å²) < 4.78 is 9.99. The number of nitro groups is 1. The molecule has 1 aromatic carbocycles. The van der Waals surface area contributed by atoms with E-state index in [1.165, 1.54) is 12.1 Å². The van der Waals surface area contributed by atoms with Crippen LogP contribution in [0.2, 0.25) is 0 Å². The molecule has 0 spiro atoms. The van der Waals surface area contributed by atoms with Crippen LogP contribution in [0.15, 0.2) is 22.7 Å². The zero-order valence-electron chi connectivity index (χ0n) is 14.7. The minimum Gasteiger partial charge on any atom is -0.462 e. The summed E-state index contributed by atoms with van der Waals surface area (Å²) in [5.74, 6) is 0.819. The number of aryl methyl sites for hydroxylation is 1. The first-order valence-electron chi connectivity index (χ1n) is 8.50. The third-order valence-corrected chi connectivity index (χ3v) is 4.44. The molecule has 1 aliphatic rings. The molecule has 2 heterocycles. The molecule has 26 heavy (non-hydrogen) atoms. The van der Waals surface area contributed by atoms with Gasteiger partial charge in [0.1, 0.15) is 5.56 Å². The summed E-state index contributed by atoms with van der Waals surface area (Å²) in [7, 11) is 0. The van der Waals surface area contributed by atoms with Crippen LogP contribution in [0.1, 0.15) is 47.8 Å². The number of carbonyl (C=O) groups is 1. The standard InChI is InChI=1S/C17H20N4O5/c1-3-25-17(22)14-10-13(4-5-15(14)21(23)24)20-8-6-12(7-9-20)16-18-11(2)26-19-16/h4-5,10,12H,3,6-9H2,1-2H3. The molecule has 0 unspecified atom stereocenters. The highest BCUT2D eigenvalue weighted by Crippen LogP contribution is 2.31. The predicted molar refractivity (Wildman–Crippen MR) is 92.3 cm³/mol. The highest BCUT2D eigenvalue weighted by molar-refractivity contribution is 5.95. The number of esters is 1. The van der Waals surface area contributed by atoms with Crippen LogP contribution < -0.4 is 4.90 Å². The van der Waals surface area contributed by atoms with Crippen LogP contribution in [0.3, 0.4) is 0 Å². The summed E-state index contributed by atoms with van der Waals surface area (Å²) in [6.07, 6.45) is 1.68. The summed E-state index contributed by atoms with van der Waals surface area (Å²) in [5, 5.41) is 15.2. The normalized spacial score (nSPS) is 15.1. The average Bonchev–Trinajstić information content (AvgIpc) is 3.08. The van der Waals surface area contributed by atoms with Crippen LogP contribution in [-0.2, 0) is 4.74 Å². The fraction of sp³-hybridized carbons (Fsp3) is 0.471. The second kappa shape index (κ2) is 7.51. The van der Waals surface area contributed by atoms with Gasteiger partial charge in [-0.05, 0) is 31.9 Å². The number of carbonyl (C=O) groups excluding carboxylic acids is 1. The first-order chi connectivity index (χ1) is 12.5. The SMILES string of the molecule is CCOC(=O)c1cc(N2CCC(c3noc(C)n3)CC2)ccc1[N+](=O)[O-]. The van der Waals surface area contributed by atoms with E-state index in [-0.39, 0.29) is 23.8 Å². The molecule has 0 atom stereocenters. The molecule has 0 radical (unpaired) electrons. The molecule has 3 rings (SSSR count). The van der Waals surface area contributed by atoms with Gasteiger partial charge in [0.25, 0.3) is 5.69 Å². The molecule has 1 saturated heterocycles. The molecule has 0 saturated carbocycles. The highest BCUT2D eigenvalue weighted by atomic mass is 16.6. The maximum absolute atomic E-state index is 12.1. The summed E-state index contributed by atoms with van der Waals surface area (Å²) >= 11 is 0. The van der Waals surface area contributed by atoms with E-state index in [4.69, 9.17) is 9.26 Å². The van der Waals surface area contributed by atoms with E-state index in [9.17, 15) is 14.9 Å². The van der Waals surface area contributed by atoms with Gasteiger partial charge in [0.15, 0.2) is 5.82 Å². The Morgan fingerprint density at radius 1 is 1.42 bits per heavy atom. The van der Waals surface area contributed by atoms with Crippen molar-refractivity contribution in [2.45, 2.75) is 32.6 Å². The second-order valence-electron chi connectivity index (χ2n) is 6.11. The van der Waals surface area contributed by atoms with Gasteiger partial charge in [-0.25, -0.2) is 4.79 Å². The van der Waals surface area contributed by atoms with E-state index in [0.29, 0.717) is 5.89 Å². The van der Waals surface area contributed by atoms with Crippen LogP contribution >= 0.6 is 0 Å². The Hall–Kier alpha value is -2.97. The Kier molecular flexibility index (Phi) is 5.15. The van der Waals surface area contributed by atoms with E-state index in [1.54, 1.807) is 19.9 Å². The van der Waals surface area contributed by atoms with Gasteiger partial charge in [-0.1, -0.05) is 5.16 Å². The zero-order valence-corrected chi connectivity index (χ0v) is 14.7. The van der Waals surface area contributed by atoms with Crippen molar-refractivity contribution < 1.29 is 19.0 Å². The third-order valence-electron chi connectivity index (χ3n) is 4.44. The van der Waals surface area contributed by atoms with Crippen molar-refractivity contribution in [2.24, 2.45) is 0 Å². The molecule has 1 fully saturated rings. The van der Waals surface area contributed by atoms with Crippen molar-refractivity contribution in [1.82, 2.24) is 10.1 Å². The monoisotopic (exact) mass is 360 g/mol. The maximum atomic E-state index is 12.1. The van der Waals surface area contributed by atoms with Gasteiger partial charge in [-0.15, -0.1) is 0 Å². The molecule has 0 N–H and O–H groups in total. The molecule has 0 bridgehead atoms.